The van der Waals surface area contributed by atoms with Crippen LogP contribution in [0.2, 0.25) is 0 Å². The van der Waals surface area contributed by atoms with Gasteiger partial charge in [-0.1, -0.05) is 0 Å². The van der Waals surface area contributed by atoms with Crippen LogP contribution < -0.4 is 4.90 Å². The molecule has 1 saturated heterocycles. The topological polar surface area (TPSA) is 88.8 Å². The monoisotopic (exact) mass is 350 g/mol. The fourth-order valence-electron chi connectivity index (χ4n) is 2.87. The van der Waals surface area contributed by atoms with E-state index in [1.165, 1.54) is 12.3 Å². The lowest BCUT2D eigenvalue weighted by Crippen LogP contribution is -2.50. The summed E-state index contributed by atoms with van der Waals surface area (Å²) < 4.78 is 5.51. The number of nitro groups is 1. The van der Waals surface area contributed by atoms with Gasteiger partial charge in [0.25, 0.3) is 5.69 Å². The van der Waals surface area contributed by atoms with E-state index in [0.29, 0.717) is 18.9 Å². The number of aromatic nitrogens is 1. The Labute approximate surface area is 147 Å². The number of likely N-dealkylation sites (N-methyl/N-ethyl adjacent to an activating group) is 1. The number of hydrogen-bond acceptors (Lipinski definition) is 6. The van der Waals surface area contributed by atoms with Crippen LogP contribution in [0.3, 0.4) is 0 Å². The molecule has 2 rings (SSSR count). The zero-order valence-electron chi connectivity index (χ0n) is 15.3. The Hall–Kier alpha value is -2.38. The minimum Gasteiger partial charge on any atom is -0.444 e. The zero-order valence-corrected chi connectivity index (χ0v) is 15.3. The summed E-state index contributed by atoms with van der Waals surface area (Å²) in [6.07, 6.45) is 3.89. The maximum Gasteiger partial charge on any atom is 0.410 e. The van der Waals surface area contributed by atoms with Crippen LogP contribution in [0.5, 0.6) is 0 Å². The Morgan fingerprint density at radius 1 is 1.44 bits per heavy atom. The molecule has 0 N–H and O–H groups in total. The van der Waals surface area contributed by atoms with Crippen molar-refractivity contribution < 1.29 is 14.5 Å². The molecule has 1 aromatic rings. The summed E-state index contributed by atoms with van der Waals surface area (Å²) in [5.74, 6) is 0.639. The number of rotatable bonds is 4. The number of likely N-dealkylation sites (tertiary alicyclic amines) is 1. The van der Waals surface area contributed by atoms with Gasteiger partial charge in [0.15, 0.2) is 0 Å². The zero-order chi connectivity index (χ0) is 18.6. The second-order valence-corrected chi connectivity index (χ2v) is 7.34. The first-order valence-electron chi connectivity index (χ1n) is 8.48. The van der Waals surface area contributed by atoms with Gasteiger partial charge >= 0.3 is 6.09 Å². The summed E-state index contributed by atoms with van der Waals surface area (Å²) in [6.45, 7) is 6.86. The van der Waals surface area contributed by atoms with Gasteiger partial charge in [-0.25, -0.2) is 9.78 Å². The van der Waals surface area contributed by atoms with Gasteiger partial charge in [0, 0.05) is 26.2 Å². The van der Waals surface area contributed by atoms with Gasteiger partial charge in [0.05, 0.1) is 11.0 Å². The number of pyridine rings is 1. The molecule has 25 heavy (non-hydrogen) atoms. The molecule has 0 aliphatic carbocycles. The molecule has 1 aromatic heterocycles. The van der Waals surface area contributed by atoms with E-state index in [1.54, 1.807) is 11.0 Å². The summed E-state index contributed by atoms with van der Waals surface area (Å²) in [5.41, 5.74) is -0.560. The van der Waals surface area contributed by atoms with E-state index in [-0.39, 0.29) is 17.8 Å². The van der Waals surface area contributed by atoms with Crippen LogP contribution in [0, 0.1) is 10.1 Å². The van der Waals surface area contributed by atoms with E-state index < -0.39 is 10.5 Å². The molecule has 0 bridgehead atoms. The molecule has 0 radical (unpaired) electrons. The van der Waals surface area contributed by atoms with Crippen LogP contribution in [0.4, 0.5) is 16.3 Å². The molecule has 1 amide bonds. The van der Waals surface area contributed by atoms with Gasteiger partial charge in [0.1, 0.15) is 17.6 Å². The first-order valence-corrected chi connectivity index (χ1v) is 8.48. The van der Waals surface area contributed by atoms with Crippen LogP contribution in [-0.4, -0.2) is 52.7 Å². The maximum atomic E-state index is 12.5. The Balaban J connectivity index is 2.04. The van der Waals surface area contributed by atoms with Crippen molar-refractivity contribution in [3.63, 3.8) is 0 Å². The highest BCUT2D eigenvalue weighted by Gasteiger charge is 2.31. The quantitative estimate of drug-likeness (QED) is 0.612. The van der Waals surface area contributed by atoms with Gasteiger partial charge in [-0.2, -0.15) is 0 Å². The molecule has 8 heteroatoms. The number of piperidine rings is 1. The van der Waals surface area contributed by atoms with Gasteiger partial charge < -0.3 is 14.5 Å². The molecule has 1 fully saturated rings. The Kier molecular flexibility index (Phi) is 5.81. The van der Waals surface area contributed by atoms with E-state index >= 15 is 0 Å². The minimum atomic E-state index is -0.523. The van der Waals surface area contributed by atoms with Crippen LogP contribution in [0.25, 0.3) is 0 Å². The van der Waals surface area contributed by atoms with Crippen molar-refractivity contribution in [3.05, 3.63) is 28.4 Å². The SMILES string of the molecule is CN(C[C@H]1CCCCN1C(=O)OC(C)(C)C)c1ccc([N+](=O)[O-])cn1. The van der Waals surface area contributed by atoms with E-state index in [0.717, 1.165) is 19.3 Å². The molecule has 0 saturated carbocycles. The summed E-state index contributed by atoms with van der Waals surface area (Å²) in [5, 5.41) is 10.7. The highest BCUT2D eigenvalue weighted by Crippen LogP contribution is 2.23. The van der Waals surface area contributed by atoms with Gasteiger partial charge in [-0.15, -0.1) is 0 Å². The Bertz CT molecular complexity index is 612. The van der Waals surface area contributed by atoms with Crippen LogP contribution in [-0.2, 0) is 4.74 Å². The number of nitrogens with zero attached hydrogens (tertiary/aromatic N) is 4. The van der Waals surface area contributed by atoms with Crippen LogP contribution >= 0.6 is 0 Å². The van der Waals surface area contributed by atoms with Crippen molar-refractivity contribution in [3.8, 4) is 0 Å². The maximum absolute atomic E-state index is 12.5. The highest BCUT2D eigenvalue weighted by molar-refractivity contribution is 5.68. The third-order valence-electron chi connectivity index (χ3n) is 4.07. The van der Waals surface area contributed by atoms with Gasteiger partial charge in [-0.3, -0.25) is 10.1 Å². The van der Waals surface area contributed by atoms with E-state index in [4.69, 9.17) is 4.74 Å². The second-order valence-electron chi connectivity index (χ2n) is 7.34. The van der Waals surface area contributed by atoms with Crippen molar-refractivity contribution in [2.24, 2.45) is 0 Å². The summed E-state index contributed by atoms with van der Waals surface area (Å²) in [6, 6.07) is 3.09. The normalized spacial score (nSPS) is 17.9. The third-order valence-corrected chi connectivity index (χ3v) is 4.07. The lowest BCUT2D eigenvalue weighted by molar-refractivity contribution is -0.385. The van der Waals surface area contributed by atoms with Crippen molar-refractivity contribution in [1.29, 1.82) is 0 Å². The molecule has 0 spiro atoms. The first-order chi connectivity index (χ1) is 11.7. The number of carbonyl (C=O) groups is 1. The van der Waals surface area contributed by atoms with Crippen LogP contribution in [0.15, 0.2) is 18.3 Å². The standard InChI is InChI=1S/C17H26N4O4/c1-17(2,3)25-16(22)20-10-6-5-7-14(20)12-19(4)15-9-8-13(11-18-15)21(23)24/h8-9,11,14H,5-7,10,12H2,1-4H3/t14-/m1/s1. The summed E-state index contributed by atoms with van der Waals surface area (Å²) in [4.78, 5) is 30.6. The number of carbonyl (C=O) groups excluding carboxylic acids is 1. The van der Waals surface area contributed by atoms with Gasteiger partial charge in [0.2, 0.25) is 0 Å². The molecule has 2 heterocycles. The van der Waals surface area contributed by atoms with Crippen molar-refractivity contribution >= 4 is 17.6 Å². The van der Waals surface area contributed by atoms with Crippen molar-refractivity contribution in [1.82, 2.24) is 9.88 Å². The number of hydrogen-bond donors (Lipinski definition) is 0. The average Bonchev–Trinajstić information content (AvgIpc) is 2.53. The summed E-state index contributed by atoms with van der Waals surface area (Å²) in [7, 11) is 1.87. The average molecular weight is 350 g/mol. The number of amides is 1. The molecule has 1 aliphatic rings. The largest absolute Gasteiger partial charge is 0.444 e. The second kappa shape index (κ2) is 7.67. The lowest BCUT2D eigenvalue weighted by atomic mass is 10.0. The summed E-state index contributed by atoms with van der Waals surface area (Å²) >= 11 is 0. The van der Waals surface area contributed by atoms with Crippen molar-refractivity contribution in [2.75, 3.05) is 25.0 Å². The predicted molar refractivity (Wildman–Crippen MR) is 94.7 cm³/mol. The molecule has 1 atom stereocenters. The van der Waals surface area contributed by atoms with Crippen LogP contribution in [0.1, 0.15) is 40.0 Å². The minimum absolute atomic E-state index is 0.0330. The van der Waals surface area contributed by atoms with E-state index in [2.05, 4.69) is 4.98 Å². The number of anilines is 1. The predicted octanol–water partition coefficient (Wildman–Crippen LogP) is 3.22. The Morgan fingerprint density at radius 3 is 2.72 bits per heavy atom. The molecule has 8 nitrogen and oxygen atoms in total. The molecule has 138 valence electrons. The fourth-order valence-corrected chi connectivity index (χ4v) is 2.87. The molecule has 0 aromatic carbocycles. The third kappa shape index (κ3) is 5.30. The molecular weight excluding hydrogens is 324 g/mol. The fraction of sp³-hybridized carbons (Fsp3) is 0.647. The highest BCUT2D eigenvalue weighted by atomic mass is 16.6. The number of ether oxygens (including phenoxy) is 1. The Morgan fingerprint density at radius 2 is 2.16 bits per heavy atom. The van der Waals surface area contributed by atoms with E-state index in [9.17, 15) is 14.9 Å². The molecule has 1 aliphatic heterocycles. The smallest absolute Gasteiger partial charge is 0.410 e. The van der Waals surface area contributed by atoms with Crippen molar-refractivity contribution in [2.45, 2.75) is 51.7 Å². The van der Waals surface area contributed by atoms with Gasteiger partial charge in [-0.05, 0) is 46.1 Å². The molecular formula is C17H26N4O4. The molecule has 0 unspecified atom stereocenters. The lowest BCUT2D eigenvalue weighted by Gasteiger charge is -2.38. The first kappa shape index (κ1) is 19.0. The van der Waals surface area contributed by atoms with E-state index in [1.807, 2.05) is 32.7 Å².